The number of nitrogens with zero attached hydrogens (tertiary/aromatic N) is 1. The zero-order chi connectivity index (χ0) is 28.4. The molecule has 0 bridgehead atoms. The Morgan fingerprint density at radius 1 is 0.825 bits per heavy atom. The van der Waals surface area contributed by atoms with E-state index in [2.05, 4.69) is 16.0 Å². The molecule has 6 nitrogen and oxygen atoms in total. The van der Waals surface area contributed by atoms with Crippen LogP contribution in [0.5, 0.6) is 0 Å². The summed E-state index contributed by atoms with van der Waals surface area (Å²) >= 11 is 5.28. The van der Waals surface area contributed by atoms with E-state index in [1.807, 2.05) is 42.5 Å². The van der Waals surface area contributed by atoms with Gasteiger partial charge in [-0.1, -0.05) is 24.3 Å². The molecule has 0 aliphatic carbocycles. The Hall–Kier alpha value is -4.44. The molecule has 1 aliphatic heterocycles. The van der Waals surface area contributed by atoms with Crippen LogP contribution >= 0.6 is 12.2 Å². The Morgan fingerprint density at radius 2 is 1.43 bits per heavy atom. The number of amides is 2. The first-order valence-corrected chi connectivity index (χ1v) is 13.1. The number of benzene rings is 4. The molecule has 204 valence electrons. The van der Waals surface area contributed by atoms with E-state index >= 15 is 0 Å². The van der Waals surface area contributed by atoms with E-state index in [1.165, 1.54) is 17.0 Å². The fourth-order valence-electron chi connectivity index (χ4n) is 4.72. The first-order valence-electron chi connectivity index (χ1n) is 12.7. The maximum atomic E-state index is 12.8. The highest BCUT2D eigenvalue weighted by Crippen LogP contribution is 2.34. The summed E-state index contributed by atoms with van der Waals surface area (Å²) in [4.78, 5) is 26.9. The number of imide groups is 1. The maximum absolute atomic E-state index is 12.8. The number of anilines is 3. The Morgan fingerprint density at radius 3 is 2.02 bits per heavy atom. The SMILES string of the molecule is CCN1C(=O)c2cccc3c(NCCc4ccc(NC(=S)Nc5ccc(C(F)(F)F)cc5)cc4)ccc(c23)C1=O. The van der Waals surface area contributed by atoms with Crippen molar-refractivity contribution in [3.8, 4) is 0 Å². The molecular weight excluding hydrogens is 537 g/mol. The second-order valence-corrected chi connectivity index (χ2v) is 9.68. The Balaban J connectivity index is 1.18. The topological polar surface area (TPSA) is 73.5 Å². The van der Waals surface area contributed by atoms with E-state index in [0.29, 0.717) is 35.3 Å². The average Bonchev–Trinajstić information content (AvgIpc) is 2.93. The van der Waals surface area contributed by atoms with Gasteiger partial charge in [-0.2, -0.15) is 13.2 Å². The summed E-state index contributed by atoms with van der Waals surface area (Å²) in [6.45, 7) is 2.74. The molecule has 0 aromatic heterocycles. The summed E-state index contributed by atoms with van der Waals surface area (Å²) in [6, 6.07) is 21.4. The Labute approximate surface area is 234 Å². The van der Waals surface area contributed by atoms with Crippen molar-refractivity contribution >= 4 is 57.0 Å². The molecule has 0 saturated heterocycles. The molecule has 10 heteroatoms. The van der Waals surface area contributed by atoms with E-state index in [4.69, 9.17) is 12.2 Å². The molecular formula is C30H25F3N4O2S. The van der Waals surface area contributed by atoms with Gasteiger partial charge in [-0.15, -0.1) is 0 Å². The Kier molecular flexibility index (Phi) is 7.44. The van der Waals surface area contributed by atoms with Gasteiger partial charge < -0.3 is 16.0 Å². The highest BCUT2D eigenvalue weighted by atomic mass is 32.1. The summed E-state index contributed by atoms with van der Waals surface area (Å²) in [5.41, 5.74) is 3.45. The molecule has 0 saturated carbocycles. The smallest absolute Gasteiger partial charge is 0.384 e. The zero-order valence-electron chi connectivity index (χ0n) is 21.4. The van der Waals surface area contributed by atoms with E-state index in [1.54, 1.807) is 19.1 Å². The number of rotatable bonds is 7. The number of nitrogens with one attached hydrogen (secondary N) is 3. The molecule has 2 amide bonds. The standard InChI is InChI=1S/C30H25F3N4O2S/c1-2-37-27(38)23-5-3-4-22-25(15-14-24(26(22)23)28(37)39)34-17-16-18-6-10-20(11-7-18)35-29(40)36-21-12-8-19(9-13-21)30(31,32)33/h3-15,34H,2,16-17H2,1H3,(H2,35,36,40). The molecule has 4 aromatic rings. The predicted octanol–water partition coefficient (Wildman–Crippen LogP) is 6.94. The van der Waals surface area contributed by atoms with Crippen LogP contribution in [0.4, 0.5) is 30.2 Å². The summed E-state index contributed by atoms with van der Waals surface area (Å²) in [6.07, 6.45) is -3.67. The largest absolute Gasteiger partial charge is 0.416 e. The van der Waals surface area contributed by atoms with Gasteiger partial charge >= 0.3 is 6.18 Å². The van der Waals surface area contributed by atoms with Crippen LogP contribution in [-0.2, 0) is 12.6 Å². The fourth-order valence-corrected chi connectivity index (χ4v) is 4.96. The third-order valence-electron chi connectivity index (χ3n) is 6.72. The number of alkyl halides is 3. The highest BCUT2D eigenvalue weighted by molar-refractivity contribution is 7.80. The second kappa shape index (κ2) is 11.0. The number of carbonyl (C=O) groups is 2. The molecule has 3 N–H and O–H groups in total. The van der Waals surface area contributed by atoms with Gasteiger partial charge in [-0.05, 0) is 85.7 Å². The lowest BCUT2D eigenvalue weighted by Crippen LogP contribution is -2.40. The van der Waals surface area contributed by atoms with Gasteiger partial charge in [-0.3, -0.25) is 14.5 Å². The summed E-state index contributed by atoms with van der Waals surface area (Å²) in [7, 11) is 0. The average molecular weight is 563 g/mol. The zero-order valence-corrected chi connectivity index (χ0v) is 22.2. The van der Waals surface area contributed by atoms with Crippen LogP contribution < -0.4 is 16.0 Å². The van der Waals surface area contributed by atoms with Crippen LogP contribution in [-0.4, -0.2) is 34.9 Å². The van der Waals surface area contributed by atoms with Crippen molar-refractivity contribution in [1.82, 2.24) is 4.90 Å². The lowest BCUT2D eigenvalue weighted by atomic mass is 9.93. The van der Waals surface area contributed by atoms with Gasteiger partial charge in [0, 0.05) is 52.1 Å². The summed E-state index contributed by atoms with van der Waals surface area (Å²) in [5.74, 6) is -0.545. The molecule has 1 heterocycles. The number of thiocarbonyl (C=S) groups is 1. The number of hydrogen-bond acceptors (Lipinski definition) is 4. The first-order chi connectivity index (χ1) is 19.2. The fraction of sp³-hybridized carbons (Fsp3) is 0.167. The molecule has 40 heavy (non-hydrogen) atoms. The van der Waals surface area contributed by atoms with Gasteiger partial charge in [0.05, 0.1) is 5.56 Å². The number of halogens is 3. The monoisotopic (exact) mass is 562 g/mol. The van der Waals surface area contributed by atoms with E-state index in [9.17, 15) is 22.8 Å². The normalized spacial score (nSPS) is 12.9. The van der Waals surface area contributed by atoms with Crippen molar-refractivity contribution in [2.45, 2.75) is 19.5 Å². The van der Waals surface area contributed by atoms with Gasteiger partial charge in [0.15, 0.2) is 5.11 Å². The molecule has 0 unspecified atom stereocenters. The van der Waals surface area contributed by atoms with Crippen LogP contribution in [0, 0.1) is 0 Å². The third kappa shape index (κ3) is 5.48. The number of hydrogen-bond donors (Lipinski definition) is 3. The van der Waals surface area contributed by atoms with Crippen molar-refractivity contribution in [3.63, 3.8) is 0 Å². The lowest BCUT2D eigenvalue weighted by Gasteiger charge is -2.26. The summed E-state index contributed by atoms with van der Waals surface area (Å²) < 4.78 is 38.2. The molecule has 0 spiro atoms. The minimum atomic E-state index is -4.39. The molecule has 4 aromatic carbocycles. The minimum absolute atomic E-state index is 0.260. The number of carbonyl (C=O) groups excluding carboxylic acids is 2. The van der Waals surface area contributed by atoms with E-state index < -0.39 is 11.7 Å². The molecule has 1 aliphatic rings. The molecule has 0 fully saturated rings. The second-order valence-electron chi connectivity index (χ2n) is 9.27. The third-order valence-corrected chi connectivity index (χ3v) is 6.92. The van der Waals surface area contributed by atoms with Crippen molar-refractivity contribution < 1.29 is 22.8 Å². The Bertz CT molecular complexity index is 1580. The van der Waals surface area contributed by atoms with Crippen molar-refractivity contribution in [2.75, 3.05) is 29.0 Å². The quantitative estimate of drug-likeness (QED) is 0.167. The molecule has 0 radical (unpaired) electrons. The minimum Gasteiger partial charge on any atom is -0.384 e. The maximum Gasteiger partial charge on any atom is 0.416 e. The van der Waals surface area contributed by atoms with Crippen molar-refractivity contribution in [1.29, 1.82) is 0 Å². The van der Waals surface area contributed by atoms with Crippen LogP contribution in [0.3, 0.4) is 0 Å². The van der Waals surface area contributed by atoms with Crippen LogP contribution in [0.1, 0.15) is 38.8 Å². The van der Waals surface area contributed by atoms with Gasteiger partial charge in [-0.25, -0.2) is 0 Å². The first kappa shape index (κ1) is 27.1. The van der Waals surface area contributed by atoms with E-state index in [0.717, 1.165) is 40.9 Å². The lowest BCUT2D eigenvalue weighted by molar-refractivity contribution is -0.137. The van der Waals surface area contributed by atoms with Crippen molar-refractivity contribution in [2.24, 2.45) is 0 Å². The van der Waals surface area contributed by atoms with Gasteiger partial charge in [0.1, 0.15) is 0 Å². The van der Waals surface area contributed by atoms with Gasteiger partial charge in [0.2, 0.25) is 0 Å². The van der Waals surface area contributed by atoms with Crippen molar-refractivity contribution in [3.05, 3.63) is 101 Å². The van der Waals surface area contributed by atoms with Gasteiger partial charge in [0.25, 0.3) is 11.8 Å². The predicted molar refractivity (Wildman–Crippen MR) is 155 cm³/mol. The summed E-state index contributed by atoms with van der Waals surface area (Å²) in [5, 5.41) is 11.1. The van der Waals surface area contributed by atoms with Crippen LogP contribution in [0.15, 0.2) is 78.9 Å². The van der Waals surface area contributed by atoms with Crippen LogP contribution in [0.25, 0.3) is 10.8 Å². The molecule has 5 rings (SSSR count). The molecule has 0 atom stereocenters. The highest BCUT2D eigenvalue weighted by Gasteiger charge is 2.32. The van der Waals surface area contributed by atoms with Crippen LogP contribution in [0.2, 0.25) is 0 Å². The van der Waals surface area contributed by atoms with E-state index in [-0.39, 0.29) is 16.9 Å².